The Hall–Kier alpha value is -4.05. The fourth-order valence-electron chi connectivity index (χ4n) is 3.00. The fourth-order valence-corrected chi connectivity index (χ4v) is 4.02. The average Bonchev–Trinajstić information content (AvgIpc) is 3.24. The number of fused-ring (bicyclic) bond motifs is 1. The third-order valence-electron chi connectivity index (χ3n) is 4.57. The highest BCUT2D eigenvalue weighted by Crippen LogP contribution is 2.32. The number of aromatic nitrogens is 2. The second kappa shape index (κ2) is 9.40. The molecule has 4 aromatic rings. The van der Waals surface area contributed by atoms with E-state index in [0.29, 0.717) is 32.5 Å². The summed E-state index contributed by atoms with van der Waals surface area (Å²) in [4.78, 5) is 34.1. The molecule has 0 radical (unpaired) electrons. The van der Waals surface area contributed by atoms with Gasteiger partial charge in [-0.1, -0.05) is 29.5 Å². The molecule has 0 bridgehead atoms. The molecule has 2 aromatic heterocycles. The smallest absolute Gasteiger partial charge is 0.270 e. The lowest BCUT2D eigenvalue weighted by molar-refractivity contribution is -0.384. The van der Waals surface area contributed by atoms with E-state index in [-0.39, 0.29) is 24.7 Å². The quantitative estimate of drug-likeness (QED) is 0.292. The van der Waals surface area contributed by atoms with Crippen molar-refractivity contribution >= 4 is 38.3 Å². The minimum absolute atomic E-state index is 0.0326. The summed E-state index contributed by atoms with van der Waals surface area (Å²) >= 11 is 1.20. The lowest BCUT2D eigenvalue weighted by Crippen LogP contribution is -2.34. The summed E-state index contributed by atoms with van der Waals surface area (Å²) in [5, 5.41) is 11.5. The van der Waals surface area contributed by atoms with E-state index >= 15 is 0 Å². The number of para-hydroxylation sites is 2. The molecular weight excluding hydrogens is 432 g/mol. The van der Waals surface area contributed by atoms with Crippen molar-refractivity contribution < 1.29 is 19.2 Å². The number of nitrogens with zero attached hydrogens (tertiary/aromatic N) is 4. The summed E-state index contributed by atoms with van der Waals surface area (Å²) in [6.07, 6.45) is 1.64. The van der Waals surface area contributed by atoms with E-state index in [0.717, 1.165) is 0 Å². The Morgan fingerprint density at radius 3 is 2.62 bits per heavy atom. The molecule has 0 fully saturated rings. The first-order valence-electron chi connectivity index (χ1n) is 9.56. The van der Waals surface area contributed by atoms with Crippen molar-refractivity contribution in [2.75, 3.05) is 18.6 Å². The SMILES string of the molecule is COc1ccccc1OCC(=O)N(Cc1ccccn1)c1nc2ccc([N+](=O)[O-])cc2s1. The summed E-state index contributed by atoms with van der Waals surface area (Å²) in [6.45, 7) is -0.0693. The van der Waals surface area contributed by atoms with E-state index < -0.39 is 4.92 Å². The zero-order valence-electron chi connectivity index (χ0n) is 17.0. The van der Waals surface area contributed by atoms with Gasteiger partial charge in [0.05, 0.1) is 34.5 Å². The van der Waals surface area contributed by atoms with Crippen LogP contribution in [0.4, 0.5) is 10.8 Å². The topological polar surface area (TPSA) is 108 Å². The first-order valence-corrected chi connectivity index (χ1v) is 10.4. The highest BCUT2D eigenvalue weighted by atomic mass is 32.1. The van der Waals surface area contributed by atoms with Gasteiger partial charge in [0.1, 0.15) is 0 Å². The maximum atomic E-state index is 13.2. The number of rotatable bonds is 8. The molecule has 2 aromatic carbocycles. The van der Waals surface area contributed by atoms with Gasteiger partial charge in [0.2, 0.25) is 0 Å². The Morgan fingerprint density at radius 2 is 1.91 bits per heavy atom. The van der Waals surface area contributed by atoms with Crippen molar-refractivity contribution in [1.82, 2.24) is 9.97 Å². The molecule has 9 nitrogen and oxygen atoms in total. The molecule has 0 spiro atoms. The Bertz CT molecular complexity index is 1260. The largest absolute Gasteiger partial charge is 0.493 e. The van der Waals surface area contributed by atoms with Crippen LogP contribution in [-0.4, -0.2) is 34.5 Å². The molecule has 0 aliphatic carbocycles. The summed E-state index contributed by atoms with van der Waals surface area (Å²) in [5.41, 5.74) is 1.21. The first kappa shape index (κ1) is 21.2. The molecule has 0 saturated carbocycles. The van der Waals surface area contributed by atoms with Crippen molar-refractivity contribution in [3.63, 3.8) is 0 Å². The molecule has 0 saturated heterocycles. The minimum atomic E-state index is -0.462. The number of anilines is 1. The second-order valence-corrected chi connectivity index (χ2v) is 7.66. The third-order valence-corrected chi connectivity index (χ3v) is 5.61. The first-order chi connectivity index (χ1) is 15.5. The highest BCUT2D eigenvalue weighted by Gasteiger charge is 2.22. The number of carbonyl (C=O) groups excluding carboxylic acids is 1. The standard InChI is InChI=1S/C22H18N4O5S/c1-30-18-7-2-3-8-19(18)31-14-21(27)25(13-15-6-4-5-11-23-15)22-24-17-10-9-16(26(28)29)12-20(17)32-22/h2-12H,13-14H2,1H3. The summed E-state index contributed by atoms with van der Waals surface area (Å²) in [6, 6.07) is 16.9. The van der Waals surface area contributed by atoms with Crippen LogP contribution < -0.4 is 14.4 Å². The van der Waals surface area contributed by atoms with E-state index in [1.165, 1.54) is 35.5 Å². The number of benzene rings is 2. The van der Waals surface area contributed by atoms with Crippen molar-refractivity contribution in [3.05, 3.63) is 82.7 Å². The number of nitro groups is 1. The van der Waals surface area contributed by atoms with Gasteiger partial charge in [0.25, 0.3) is 11.6 Å². The Balaban J connectivity index is 1.63. The van der Waals surface area contributed by atoms with Crippen molar-refractivity contribution in [2.24, 2.45) is 0 Å². The van der Waals surface area contributed by atoms with E-state index in [2.05, 4.69) is 9.97 Å². The van der Waals surface area contributed by atoms with Gasteiger partial charge in [0.15, 0.2) is 23.2 Å². The number of hydrogen-bond donors (Lipinski definition) is 0. The maximum absolute atomic E-state index is 13.2. The third kappa shape index (κ3) is 4.65. The van der Waals surface area contributed by atoms with Crippen LogP contribution in [0.3, 0.4) is 0 Å². The lowest BCUT2D eigenvalue weighted by atomic mass is 10.3. The number of nitro benzene ring substituents is 1. The van der Waals surface area contributed by atoms with Crippen molar-refractivity contribution in [3.8, 4) is 11.5 Å². The Morgan fingerprint density at radius 1 is 1.12 bits per heavy atom. The molecule has 0 atom stereocenters. The Labute approximate surface area is 187 Å². The number of ether oxygens (including phenoxy) is 2. The maximum Gasteiger partial charge on any atom is 0.270 e. The van der Waals surface area contributed by atoms with Crippen LogP contribution in [-0.2, 0) is 11.3 Å². The summed E-state index contributed by atoms with van der Waals surface area (Å²) in [7, 11) is 1.53. The van der Waals surface area contributed by atoms with Crippen LogP contribution in [0.5, 0.6) is 11.5 Å². The van der Waals surface area contributed by atoms with Gasteiger partial charge in [-0.2, -0.15) is 0 Å². The van der Waals surface area contributed by atoms with Gasteiger partial charge < -0.3 is 9.47 Å². The normalized spacial score (nSPS) is 10.7. The zero-order chi connectivity index (χ0) is 22.5. The Kier molecular flexibility index (Phi) is 6.22. The predicted molar refractivity (Wildman–Crippen MR) is 120 cm³/mol. The van der Waals surface area contributed by atoms with Gasteiger partial charge in [0, 0.05) is 18.3 Å². The van der Waals surface area contributed by atoms with Crippen LogP contribution >= 0.6 is 11.3 Å². The molecule has 162 valence electrons. The van der Waals surface area contributed by atoms with E-state index in [9.17, 15) is 14.9 Å². The summed E-state index contributed by atoms with van der Waals surface area (Å²) in [5.74, 6) is 0.625. The molecular formula is C22H18N4O5S. The van der Waals surface area contributed by atoms with Gasteiger partial charge in [-0.05, 0) is 30.3 Å². The van der Waals surface area contributed by atoms with Gasteiger partial charge in [-0.15, -0.1) is 0 Å². The molecule has 2 heterocycles. The van der Waals surface area contributed by atoms with Gasteiger partial charge >= 0.3 is 0 Å². The van der Waals surface area contributed by atoms with E-state index in [1.54, 1.807) is 48.7 Å². The zero-order valence-corrected chi connectivity index (χ0v) is 17.8. The van der Waals surface area contributed by atoms with Crippen molar-refractivity contribution in [2.45, 2.75) is 6.54 Å². The number of non-ortho nitro benzene ring substituents is 1. The molecule has 0 aliphatic heterocycles. The average molecular weight is 450 g/mol. The van der Waals surface area contributed by atoms with Crippen LogP contribution in [0.1, 0.15) is 5.69 Å². The molecule has 4 rings (SSSR count). The molecule has 0 aliphatic rings. The number of methoxy groups -OCH3 is 1. The second-order valence-electron chi connectivity index (χ2n) is 6.65. The highest BCUT2D eigenvalue weighted by molar-refractivity contribution is 7.22. The lowest BCUT2D eigenvalue weighted by Gasteiger charge is -2.20. The van der Waals surface area contributed by atoms with Crippen LogP contribution in [0.2, 0.25) is 0 Å². The number of hydrogen-bond acceptors (Lipinski definition) is 8. The molecule has 1 amide bonds. The fraction of sp³-hybridized carbons (Fsp3) is 0.136. The number of pyridine rings is 1. The van der Waals surface area contributed by atoms with E-state index in [4.69, 9.17) is 9.47 Å². The van der Waals surface area contributed by atoms with E-state index in [1.807, 2.05) is 6.07 Å². The number of amides is 1. The van der Waals surface area contributed by atoms with Gasteiger partial charge in [-0.25, -0.2) is 4.98 Å². The molecule has 32 heavy (non-hydrogen) atoms. The van der Waals surface area contributed by atoms with Gasteiger partial charge in [-0.3, -0.25) is 24.8 Å². The summed E-state index contributed by atoms with van der Waals surface area (Å²) < 4.78 is 11.6. The number of thiazole rings is 1. The number of carbonyl (C=O) groups is 1. The van der Waals surface area contributed by atoms with Crippen molar-refractivity contribution in [1.29, 1.82) is 0 Å². The minimum Gasteiger partial charge on any atom is -0.493 e. The van der Waals surface area contributed by atoms with Crippen LogP contribution in [0, 0.1) is 10.1 Å². The molecule has 10 heteroatoms. The van der Waals surface area contributed by atoms with Crippen LogP contribution in [0.25, 0.3) is 10.2 Å². The monoisotopic (exact) mass is 450 g/mol. The molecule has 0 unspecified atom stereocenters. The predicted octanol–water partition coefficient (Wildman–Crippen LogP) is 4.22. The van der Waals surface area contributed by atoms with Crippen LogP contribution in [0.15, 0.2) is 66.9 Å². The molecule has 0 N–H and O–H groups in total.